The van der Waals surface area contributed by atoms with Crippen LogP contribution in [-0.2, 0) is 17.4 Å². The second-order valence-electron chi connectivity index (χ2n) is 11.4. The van der Waals surface area contributed by atoms with E-state index in [4.69, 9.17) is 4.74 Å². The van der Waals surface area contributed by atoms with Gasteiger partial charge in [0.1, 0.15) is 18.0 Å². The first kappa shape index (κ1) is 25.2. The monoisotopic (exact) mass is 466 g/mol. The molecule has 0 amide bonds. The van der Waals surface area contributed by atoms with Crippen molar-refractivity contribution in [3.05, 3.63) is 28.8 Å². The number of nitrogens with one attached hydrogen (secondary N) is 2. The second kappa shape index (κ2) is 9.46. The van der Waals surface area contributed by atoms with Gasteiger partial charge < -0.3 is 20.5 Å². The minimum Gasteiger partial charge on any atom is -0.487 e. The number of rotatable bonds is 7. The van der Waals surface area contributed by atoms with E-state index in [1.807, 2.05) is 28.6 Å². The van der Waals surface area contributed by atoms with Crippen LogP contribution in [-0.4, -0.2) is 48.5 Å². The summed E-state index contributed by atoms with van der Waals surface area (Å²) in [5.74, 6) is 2.14. The molecule has 2 heterocycles. The molecule has 0 aliphatic carbocycles. The molecule has 1 fully saturated rings. The fourth-order valence-corrected chi connectivity index (χ4v) is 8.25. The first-order chi connectivity index (χ1) is 14.3. The van der Waals surface area contributed by atoms with Crippen molar-refractivity contribution in [3.63, 3.8) is 0 Å². The zero-order valence-electron chi connectivity index (χ0n) is 20.6. The third kappa shape index (κ3) is 5.75. The predicted octanol–water partition coefficient (Wildman–Crippen LogP) is 4.87. The van der Waals surface area contributed by atoms with Gasteiger partial charge in [0.25, 0.3) is 0 Å². The molecule has 0 radical (unpaired) electrons. The van der Waals surface area contributed by atoms with Crippen LogP contribution < -0.4 is 15.4 Å². The Morgan fingerprint density at radius 2 is 1.90 bits per heavy atom. The maximum atomic E-state index is 10.8. The van der Waals surface area contributed by atoms with Crippen LogP contribution >= 0.6 is 21.6 Å². The Hall–Kier alpha value is -0.400. The summed E-state index contributed by atoms with van der Waals surface area (Å²) in [6, 6.07) is 4.55. The fourth-order valence-electron chi connectivity index (χ4n) is 4.29. The molecule has 4 nitrogen and oxygen atoms in total. The number of hydrogen-bond acceptors (Lipinski definition) is 6. The first-order valence-corrected chi connectivity index (χ1v) is 13.9. The van der Waals surface area contributed by atoms with E-state index in [1.54, 1.807) is 0 Å². The number of aryl methyl sites for hydroxylation is 1. The highest BCUT2D eigenvalue weighted by Crippen LogP contribution is 2.48. The second-order valence-corrected chi connectivity index (χ2v) is 14.0. The lowest BCUT2D eigenvalue weighted by molar-refractivity contribution is 0.0243. The van der Waals surface area contributed by atoms with Crippen molar-refractivity contribution >= 4 is 21.6 Å². The Balaban J connectivity index is 1.69. The molecule has 3 rings (SSSR count). The molecule has 0 bridgehead atoms. The lowest BCUT2D eigenvalue weighted by atomic mass is 9.76. The number of ether oxygens (including phenoxy) is 1. The number of aliphatic hydroxyl groups is 1. The highest BCUT2D eigenvalue weighted by molar-refractivity contribution is 8.77. The molecule has 0 spiro atoms. The van der Waals surface area contributed by atoms with Crippen molar-refractivity contribution < 1.29 is 9.84 Å². The summed E-state index contributed by atoms with van der Waals surface area (Å²) in [4.78, 5) is 0. The number of benzene rings is 1. The molecule has 3 atom stereocenters. The van der Waals surface area contributed by atoms with Crippen LogP contribution in [0, 0.1) is 5.41 Å². The molecule has 6 heteroatoms. The van der Waals surface area contributed by atoms with Gasteiger partial charge in [-0.1, -0.05) is 56.2 Å². The Labute approximate surface area is 197 Å². The SMILES string of the molecule is CNC(C)(C)c1cc2c(cc1C(C)(C)C)OC(C(O)CNCC1SSCC1(C)C)CC2. The largest absolute Gasteiger partial charge is 0.487 e. The first-order valence-electron chi connectivity index (χ1n) is 11.6. The lowest BCUT2D eigenvalue weighted by Crippen LogP contribution is -2.44. The van der Waals surface area contributed by atoms with E-state index in [1.165, 1.54) is 22.4 Å². The maximum absolute atomic E-state index is 10.8. The van der Waals surface area contributed by atoms with Gasteiger partial charge in [0.15, 0.2) is 0 Å². The van der Waals surface area contributed by atoms with Crippen LogP contribution in [0.1, 0.15) is 71.6 Å². The van der Waals surface area contributed by atoms with E-state index in [-0.39, 0.29) is 17.1 Å². The van der Waals surface area contributed by atoms with Crippen LogP contribution in [0.5, 0.6) is 5.75 Å². The van der Waals surface area contributed by atoms with Gasteiger partial charge in [0.2, 0.25) is 0 Å². The Morgan fingerprint density at radius 3 is 2.48 bits per heavy atom. The Morgan fingerprint density at radius 1 is 1.19 bits per heavy atom. The summed E-state index contributed by atoms with van der Waals surface area (Å²) >= 11 is 0. The summed E-state index contributed by atoms with van der Waals surface area (Å²) in [6.45, 7) is 17.4. The highest BCUT2D eigenvalue weighted by Gasteiger charge is 2.36. The fraction of sp³-hybridized carbons (Fsp3) is 0.760. The van der Waals surface area contributed by atoms with E-state index < -0.39 is 6.10 Å². The van der Waals surface area contributed by atoms with Crippen molar-refractivity contribution in [1.29, 1.82) is 0 Å². The molecule has 176 valence electrons. The molecule has 31 heavy (non-hydrogen) atoms. The van der Waals surface area contributed by atoms with E-state index >= 15 is 0 Å². The minimum atomic E-state index is -0.498. The molecule has 1 saturated heterocycles. The highest BCUT2D eigenvalue weighted by atomic mass is 33.1. The number of aliphatic hydroxyl groups excluding tert-OH is 1. The molecular weight excluding hydrogens is 424 g/mol. The molecule has 1 aromatic carbocycles. The zero-order chi connectivity index (χ0) is 23.0. The molecule has 2 aliphatic rings. The third-order valence-electron chi connectivity index (χ3n) is 6.88. The summed E-state index contributed by atoms with van der Waals surface area (Å²) < 4.78 is 6.37. The van der Waals surface area contributed by atoms with Gasteiger partial charge >= 0.3 is 0 Å². The van der Waals surface area contributed by atoms with Crippen molar-refractivity contribution in [2.75, 3.05) is 25.9 Å². The molecule has 3 unspecified atom stereocenters. The van der Waals surface area contributed by atoms with Crippen LogP contribution in [0.3, 0.4) is 0 Å². The Kier molecular flexibility index (Phi) is 7.70. The minimum absolute atomic E-state index is 0.0126. The molecule has 2 aliphatic heterocycles. The van der Waals surface area contributed by atoms with E-state index in [0.717, 1.165) is 25.1 Å². The average molecular weight is 467 g/mol. The lowest BCUT2D eigenvalue weighted by Gasteiger charge is -2.36. The standard InChI is InChI=1S/C25H42N2O2S2/c1-23(2,3)17-12-21-16(11-18(17)25(6,7)26-8)9-10-20(29-21)19(28)13-27-14-22-24(4,5)15-30-31-22/h11-12,19-20,22,26-28H,9-10,13-15H2,1-8H3. The van der Waals surface area contributed by atoms with Gasteiger partial charge in [-0.25, -0.2) is 0 Å². The molecule has 0 aromatic heterocycles. The summed E-state index contributed by atoms with van der Waals surface area (Å²) in [6.07, 6.45) is 1.14. The summed E-state index contributed by atoms with van der Waals surface area (Å²) in [7, 11) is 5.95. The van der Waals surface area contributed by atoms with Gasteiger partial charge in [-0.15, -0.1) is 0 Å². The van der Waals surface area contributed by atoms with Crippen molar-refractivity contribution in [3.8, 4) is 5.75 Å². The topological polar surface area (TPSA) is 53.5 Å². The molecule has 0 saturated carbocycles. The third-order valence-corrected chi connectivity index (χ3v) is 10.4. The number of hydrogen-bond donors (Lipinski definition) is 3. The van der Waals surface area contributed by atoms with E-state index in [0.29, 0.717) is 17.2 Å². The van der Waals surface area contributed by atoms with Gasteiger partial charge in [0.05, 0.1) is 0 Å². The van der Waals surface area contributed by atoms with Crippen LogP contribution in [0.25, 0.3) is 0 Å². The van der Waals surface area contributed by atoms with Crippen LogP contribution in [0.2, 0.25) is 0 Å². The van der Waals surface area contributed by atoms with Gasteiger partial charge in [-0.2, -0.15) is 0 Å². The molecule has 3 N–H and O–H groups in total. The predicted molar refractivity (Wildman–Crippen MR) is 136 cm³/mol. The van der Waals surface area contributed by atoms with Crippen LogP contribution in [0.4, 0.5) is 0 Å². The molecule has 1 aromatic rings. The van der Waals surface area contributed by atoms with E-state index in [9.17, 15) is 5.11 Å². The van der Waals surface area contributed by atoms with E-state index in [2.05, 4.69) is 71.2 Å². The van der Waals surface area contributed by atoms with Gasteiger partial charge in [-0.05, 0) is 73.4 Å². The van der Waals surface area contributed by atoms with Gasteiger partial charge in [-0.3, -0.25) is 0 Å². The average Bonchev–Trinajstić information content (AvgIpc) is 3.03. The maximum Gasteiger partial charge on any atom is 0.126 e. The molecular formula is C25H42N2O2S2. The van der Waals surface area contributed by atoms with Gasteiger partial charge in [0, 0.05) is 29.6 Å². The normalized spacial score (nSPS) is 24.5. The van der Waals surface area contributed by atoms with Crippen LogP contribution in [0.15, 0.2) is 12.1 Å². The van der Waals surface area contributed by atoms with Crippen molar-refractivity contribution in [1.82, 2.24) is 10.6 Å². The Bertz CT molecular complexity index is 774. The number of fused-ring (bicyclic) bond motifs is 1. The van der Waals surface area contributed by atoms with Crippen molar-refractivity contribution in [2.24, 2.45) is 5.41 Å². The summed E-state index contributed by atoms with van der Waals surface area (Å²) in [5, 5.41) is 18.4. The zero-order valence-corrected chi connectivity index (χ0v) is 22.2. The smallest absolute Gasteiger partial charge is 0.126 e. The summed E-state index contributed by atoms with van der Waals surface area (Å²) in [5.41, 5.74) is 4.14. The van der Waals surface area contributed by atoms with Crippen molar-refractivity contribution in [2.45, 2.75) is 89.7 Å². The quantitative estimate of drug-likeness (QED) is 0.498.